The summed E-state index contributed by atoms with van der Waals surface area (Å²) < 4.78 is 16.0. The minimum atomic E-state index is -0.782. The lowest BCUT2D eigenvalue weighted by molar-refractivity contribution is 0.0212. The molecule has 1 amide bonds. The van der Waals surface area contributed by atoms with Crippen LogP contribution in [0.2, 0.25) is 0 Å². The summed E-state index contributed by atoms with van der Waals surface area (Å²) in [5.74, 6) is 0.548. The molecule has 1 saturated carbocycles. The summed E-state index contributed by atoms with van der Waals surface area (Å²) in [5.41, 5.74) is 6.50. The number of nitrogens with two attached hydrogens (primary N) is 1. The van der Waals surface area contributed by atoms with Crippen LogP contribution >= 0.6 is 0 Å². The maximum atomic E-state index is 11.4. The van der Waals surface area contributed by atoms with Gasteiger partial charge >= 0.3 is 12.1 Å². The highest BCUT2D eigenvalue weighted by atomic mass is 16.6. The SMILES string of the molecule is C[C@H]1CC[C@@H](Oc2ccc3c(c2)COC3=O)[C@@H]1OC(N)=O. The molecule has 0 saturated heterocycles. The summed E-state index contributed by atoms with van der Waals surface area (Å²) in [6.45, 7) is 2.28. The van der Waals surface area contributed by atoms with E-state index >= 15 is 0 Å². The molecule has 0 spiro atoms. The van der Waals surface area contributed by atoms with Gasteiger partial charge in [0.15, 0.2) is 0 Å². The Labute approximate surface area is 122 Å². The van der Waals surface area contributed by atoms with Crippen LogP contribution in [0.25, 0.3) is 0 Å². The Bertz CT molecular complexity index is 585. The largest absolute Gasteiger partial charge is 0.487 e. The summed E-state index contributed by atoms with van der Waals surface area (Å²) in [6, 6.07) is 5.22. The van der Waals surface area contributed by atoms with Gasteiger partial charge in [-0.1, -0.05) is 6.92 Å². The van der Waals surface area contributed by atoms with Gasteiger partial charge in [0.05, 0.1) is 5.56 Å². The van der Waals surface area contributed by atoms with E-state index in [9.17, 15) is 9.59 Å². The highest BCUT2D eigenvalue weighted by Crippen LogP contribution is 2.33. The molecular formula is C15H17NO5. The van der Waals surface area contributed by atoms with E-state index in [-0.39, 0.29) is 30.7 Å². The highest BCUT2D eigenvalue weighted by Gasteiger charge is 2.38. The Kier molecular flexibility index (Phi) is 3.45. The van der Waals surface area contributed by atoms with Crippen LogP contribution in [-0.4, -0.2) is 24.3 Å². The van der Waals surface area contributed by atoms with Crippen molar-refractivity contribution in [2.45, 2.75) is 38.6 Å². The Morgan fingerprint density at radius 2 is 2.19 bits per heavy atom. The number of ether oxygens (including phenoxy) is 3. The molecule has 1 heterocycles. The molecule has 6 heteroatoms. The molecule has 0 radical (unpaired) electrons. The third kappa shape index (κ3) is 2.66. The molecule has 1 fully saturated rings. The fraction of sp³-hybridized carbons (Fsp3) is 0.467. The maximum absolute atomic E-state index is 11.4. The number of rotatable bonds is 3. The first kappa shape index (κ1) is 13.7. The number of hydrogen-bond acceptors (Lipinski definition) is 5. The fourth-order valence-electron chi connectivity index (χ4n) is 2.93. The number of hydrogen-bond donors (Lipinski definition) is 1. The van der Waals surface area contributed by atoms with E-state index in [0.717, 1.165) is 18.4 Å². The summed E-state index contributed by atoms with van der Waals surface area (Å²) >= 11 is 0. The average Bonchev–Trinajstić information content (AvgIpc) is 2.96. The van der Waals surface area contributed by atoms with E-state index in [1.54, 1.807) is 18.2 Å². The first-order valence-corrected chi connectivity index (χ1v) is 6.97. The third-order valence-electron chi connectivity index (χ3n) is 4.03. The smallest absolute Gasteiger partial charge is 0.404 e. The van der Waals surface area contributed by atoms with Gasteiger partial charge in [-0.15, -0.1) is 0 Å². The second-order valence-corrected chi connectivity index (χ2v) is 5.51. The molecule has 1 aliphatic heterocycles. The number of esters is 1. The average molecular weight is 291 g/mol. The van der Waals surface area contributed by atoms with Crippen LogP contribution in [-0.2, 0) is 16.1 Å². The summed E-state index contributed by atoms with van der Waals surface area (Å²) in [7, 11) is 0. The zero-order valence-electron chi connectivity index (χ0n) is 11.7. The number of fused-ring (bicyclic) bond motifs is 1. The number of primary amides is 1. The number of carbonyl (C=O) groups excluding carboxylic acids is 2. The molecule has 2 N–H and O–H groups in total. The third-order valence-corrected chi connectivity index (χ3v) is 4.03. The Morgan fingerprint density at radius 3 is 2.95 bits per heavy atom. The Hall–Kier alpha value is -2.24. The van der Waals surface area contributed by atoms with Gasteiger partial charge in [-0.2, -0.15) is 0 Å². The van der Waals surface area contributed by atoms with Crippen LogP contribution in [0.4, 0.5) is 4.79 Å². The van der Waals surface area contributed by atoms with Crippen molar-refractivity contribution < 1.29 is 23.8 Å². The van der Waals surface area contributed by atoms with E-state index in [2.05, 4.69) is 0 Å². The van der Waals surface area contributed by atoms with Crippen LogP contribution in [0.5, 0.6) is 5.75 Å². The van der Waals surface area contributed by atoms with Gasteiger partial charge in [0.1, 0.15) is 24.6 Å². The Morgan fingerprint density at radius 1 is 1.38 bits per heavy atom. The lowest BCUT2D eigenvalue weighted by Crippen LogP contribution is -2.36. The van der Waals surface area contributed by atoms with Gasteiger partial charge in [0.25, 0.3) is 0 Å². The van der Waals surface area contributed by atoms with Crippen molar-refractivity contribution in [3.63, 3.8) is 0 Å². The molecule has 21 heavy (non-hydrogen) atoms. The molecule has 2 aliphatic rings. The molecule has 0 aromatic heterocycles. The predicted molar refractivity (Wildman–Crippen MR) is 72.8 cm³/mol. The van der Waals surface area contributed by atoms with Crippen molar-refractivity contribution >= 4 is 12.1 Å². The van der Waals surface area contributed by atoms with E-state index < -0.39 is 6.09 Å². The first-order valence-electron chi connectivity index (χ1n) is 6.97. The van der Waals surface area contributed by atoms with Crippen LogP contribution in [0.1, 0.15) is 35.7 Å². The van der Waals surface area contributed by atoms with Gasteiger partial charge in [0.2, 0.25) is 0 Å². The molecule has 1 aromatic carbocycles. The lowest BCUT2D eigenvalue weighted by atomic mass is 10.1. The number of carbonyl (C=O) groups is 2. The van der Waals surface area contributed by atoms with E-state index in [1.165, 1.54) is 0 Å². The van der Waals surface area contributed by atoms with Crippen molar-refractivity contribution in [3.8, 4) is 5.75 Å². The number of benzene rings is 1. The van der Waals surface area contributed by atoms with Crippen molar-refractivity contribution in [2.24, 2.45) is 11.7 Å². The molecule has 3 rings (SSSR count). The molecule has 112 valence electrons. The molecule has 3 atom stereocenters. The summed E-state index contributed by atoms with van der Waals surface area (Å²) in [5, 5.41) is 0. The minimum absolute atomic E-state index is 0.210. The lowest BCUT2D eigenvalue weighted by Gasteiger charge is -2.23. The highest BCUT2D eigenvalue weighted by molar-refractivity contribution is 5.93. The van der Waals surface area contributed by atoms with E-state index in [1.807, 2.05) is 6.92 Å². The number of cyclic esters (lactones) is 1. The molecule has 0 unspecified atom stereocenters. The van der Waals surface area contributed by atoms with Crippen LogP contribution < -0.4 is 10.5 Å². The summed E-state index contributed by atoms with van der Waals surface area (Å²) in [6.07, 6.45) is 0.369. The molecule has 1 aromatic rings. The van der Waals surface area contributed by atoms with Gasteiger partial charge in [-0.05, 0) is 37.0 Å². The van der Waals surface area contributed by atoms with Crippen molar-refractivity contribution in [3.05, 3.63) is 29.3 Å². The monoisotopic (exact) mass is 291 g/mol. The van der Waals surface area contributed by atoms with Crippen molar-refractivity contribution in [1.82, 2.24) is 0 Å². The van der Waals surface area contributed by atoms with Crippen molar-refractivity contribution in [1.29, 1.82) is 0 Å². The predicted octanol–water partition coefficient (Wildman–Crippen LogP) is 2.00. The topological polar surface area (TPSA) is 87.8 Å². The fourth-order valence-corrected chi connectivity index (χ4v) is 2.93. The standard InChI is InChI=1S/C15H17NO5/c1-8-2-5-12(13(8)21-15(16)18)20-10-3-4-11-9(6-10)7-19-14(11)17/h3-4,6,8,12-13H,2,5,7H2,1H3,(H2,16,18)/t8-,12+,13+/m0/s1. The van der Waals surface area contributed by atoms with E-state index in [0.29, 0.717) is 11.3 Å². The second kappa shape index (κ2) is 5.27. The maximum Gasteiger partial charge on any atom is 0.404 e. The normalized spacial score (nSPS) is 27.1. The number of amides is 1. The van der Waals surface area contributed by atoms with Crippen LogP contribution in [0.3, 0.4) is 0 Å². The molecule has 1 aliphatic carbocycles. The molecule has 0 bridgehead atoms. The van der Waals surface area contributed by atoms with Gasteiger partial charge in [0, 0.05) is 5.56 Å². The molecular weight excluding hydrogens is 274 g/mol. The molecule has 6 nitrogen and oxygen atoms in total. The zero-order chi connectivity index (χ0) is 15.0. The summed E-state index contributed by atoms with van der Waals surface area (Å²) in [4.78, 5) is 22.4. The quantitative estimate of drug-likeness (QED) is 0.860. The van der Waals surface area contributed by atoms with Gasteiger partial charge in [-0.25, -0.2) is 9.59 Å². The Balaban J connectivity index is 1.74. The van der Waals surface area contributed by atoms with Gasteiger partial charge < -0.3 is 19.9 Å². The minimum Gasteiger partial charge on any atom is -0.487 e. The second-order valence-electron chi connectivity index (χ2n) is 5.51. The van der Waals surface area contributed by atoms with Crippen LogP contribution in [0.15, 0.2) is 18.2 Å². The van der Waals surface area contributed by atoms with E-state index in [4.69, 9.17) is 19.9 Å². The first-order chi connectivity index (χ1) is 10.0. The zero-order valence-corrected chi connectivity index (χ0v) is 11.7. The van der Waals surface area contributed by atoms with Crippen LogP contribution in [0, 0.1) is 5.92 Å². The van der Waals surface area contributed by atoms with Gasteiger partial charge in [-0.3, -0.25) is 0 Å². The van der Waals surface area contributed by atoms with Crippen molar-refractivity contribution in [2.75, 3.05) is 0 Å².